The Bertz CT molecular complexity index is 752. The molecule has 3 aromatic heterocycles. The first kappa shape index (κ1) is 14.7. The van der Waals surface area contributed by atoms with Crippen molar-refractivity contribution < 1.29 is 0 Å². The van der Waals surface area contributed by atoms with Gasteiger partial charge in [-0.25, -0.2) is 9.97 Å². The molecule has 3 heterocycles. The predicted octanol–water partition coefficient (Wildman–Crippen LogP) is 4.08. The van der Waals surface area contributed by atoms with Crippen molar-refractivity contribution in [1.29, 1.82) is 0 Å². The number of fused-ring (bicyclic) bond motifs is 1. The van der Waals surface area contributed by atoms with Gasteiger partial charge < -0.3 is 5.32 Å². The van der Waals surface area contributed by atoms with Crippen molar-refractivity contribution in [2.75, 3.05) is 19.4 Å². The Balaban J connectivity index is 1.77. The number of nitrogens with zero attached hydrogens (tertiary/aromatic N) is 3. The Kier molecular flexibility index (Phi) is 4.40. The summed E-state index contributed by atoms with van der Waals surface area (Å²) in [6.45, 7) is 1.55. The van der Waals surface area contributed by atoms with Gasteiger partial charge in [0.2, 0.25) is 0 Å². The van der Waals surface area contributed by atoms with Gasteiger partial charge in [0, 0.05) is 18.5 Å². The Labute approximate surface area is 136 Å². The maximum Gasteiger partial charge on any atom is 0.146 e. The molecular formula is C14H15ClN4S2. The number of thiophene rings is 2. The SMILES string of the molecule is CNc1nc(CN(C)Cc2ccc(Cl)s2)nc2sccc12. The van der Waals surface area contributed by atoms with E-state index in [-0.39, 0.29) is 0 Å². The molecule has 21 heavy (non-hydrogen) atoms. The van der Waals surface area contributed by atoms with E-state index in [4.69, 9.17) is 11.6 Å². The molecule has 7 heteroatoms. The molecule has 0 spiro atoms. The van der Waals surface area contributed by atoms with Crippen LogP contribution in [0.25, 0.3) is 10.2 Å². The maximum atomic E-state index is 5.96. The Hall–Kier alpha value is -1.21. The molecule has 0 unspecified atom stereocenters. The third-order valence-electron chi connectivity index (χ3n) is 3.07. The van der Waals surface area contributed by atoms with Crippen LogP contribution in [0, 0.1) is 0 Å². The third-order valence-corrected chi connectivity index (χ3v) is 5.10. The Morgan fingerprint density at radius 3 is 2.81 bits per heavy atom. The summed E-state index contributed by atoms with van der Waals surface area (Å²) in [5, 5.41) is 6.27. The zero-order chi connectivity index (χ0) is 14.8. The molecule has 1 N–H and O–H groups in total. The first-order valence-corrected chi connectivity index (χ1v) is 8.58. The quantitative estimate of drug-likeness (QED) is 0.761. The highest BCUT2D eigenvalue weighted by molar-refractivity contribution is 7.16. The second kappa shape index (κ2) is 6.27. The van der Waals surface area contributed by atoms with Gasteiger partial charge in [0.05, 0.1) is 16.3 Å². The van der Waals surface area contributed by atoms with E-state index in [1.165, 1.54) is 4.88 Å². The molecule has 4 nitrogen and oxygen atoms in total. The predicted molar refractivity (Wildman–Crippen MR) is 91.5 cm³/mol. The van der Waals surface area contributed by atoms with E-state index in [1.54, 1.807) is 22.7 Å². The molecule has 3 rings (SSSR count). The molecule has 0 aliphatic heterocycles. The van der Waals surface area contributed by atoms with Crippen molar-refractivity contribution in [1.82, 2.24) is 14.9 Å². The number of rotatable bonds is 5. The normalized spacial score (nSPS) is 11.4. The van der Waals surface area contributed by atoms with E-state index >= 15 is 0 Å². The van der Waals surface area contributed by atoms with Gasteiger partial charge >= 0.3 is 0 Å². The first-order chi connectivity index (χ1) is 10.2. The zero-order valence-electron chi connectivity index (χ0n) is 11.8. The number of nitrogens with one attached hydrogen (secondary N) is 1. The van der Waals surface area contributed by atoms with E-state index in [0.29, 0.717) is 6.54 Å². The molecule has 0 saturated heterocycles. The topological polar surface area (TPSA) is 41.1 Å². The minimum absolute atomic E-state index is 0.706. The smallest absolute Gasteiger partial charge is 0.146 e. The molecule has 0 bridgehead atoms. The van der Waals surface area contributed by atoms with Crippen LogP contribution in [0.5, 0.6) is 0 Å². The van der Waals surface area contributed by atoms with Crippen LogP contribution < -0.4 is 5.32 Å². The second-order valence-electron chi connectivity index (χ2n) is 4.76. The molecule has 0 amide bonds. The monoisotopic (exact) mass is 338 g/mol. The van der Waals surface area contributed by atoms with Crippen LogP contribution in [0.15, 0.2) is 23.6 Å². The second-order valence-corrected chi connectivity index (χ2v) is 7.45. The fourth-order valence-corrected chi connectivity index (χ4v) is 4.11. The average Bonchev–Trinajstić information content (AvgIpc) is 3.06. The summed E-state index contributed by atoms with van der Waals surface area (Å²) in [5.74, 6) is 1.73. The fourth-order valence-electron chi connectivity index (χ4n) is 2.16. The lowest BCUT2D eigenvalue weighted by Gasteiger charge is -2.15. The maximum absolute atomic E-state index is 5.96. The lowest BCUT2D eigenvalue weighted by atomic mass is 10.3. The fraction of sp³-hybridized carbons (Fsp3) is 0.286. The van der Waals surface area contributed by atoms with Crippen LogP contribution in [0.3, 0.4) is 0 Å². The van der Waals surface area contributed by atoms with Crippen LogP contribution in [-0.4, -0.2) is 29.0 Å². The van der Waals surface area contributed by atoms with Gasteiger partial charge in [0.1, 0.15) is 16.5 Å². The summed E-state index contributed by atoms with van der Waals surface area (Å²) in [6.07, 6.45) is 0. The summed E-state index contributed by atoms with van der Waals surface area (Å²) in [5.41, 5.74) is 0. The van der Waals surface area contributed by atoms with E-state index in [1.807, 2.05) is 24.6 Å². The molecule has 0 aromatic carbocycles. The van der Waals surface area contributed by atoms with Gasteiger partial charge in [-0.05, 0) is 30.6 Å². The first-order valence-electron chi connectivity index (χ1n) is 6.50. The van der Waals surface area contributed by atoms with Crippen LogP contribution in [0.4, 0.5) is 5.82 Å². The van der Waals surface area contributed by atoms with Crippen molar-refractivity contribution in [2.24, 2.45) is 0 Å². The van der Waals surface area contributed by atoms with Gasteiger partial charge in [-0.2, -0.15) is 0 Å². The molecule has 110 valence electrons. The molecule has 0 aliphatic carbocycles. The van der Waals surface area contributed by atoms with Gasteiger partial charge in [-0.15, -0.1) is 22.7 Å². The molecule has 0 aliphatic rings. The van der Waals surface area contributed by atoms with Gasteiger partial charge in [0.15, 0.2) is 0 Å². The number of aromatic nitrogens is 2. The highest BCUT2D eigenvalue weighted by Gasteiger charge is 2.10. The third kappa shape index (κ3) is 3.35. The van der Waals surface area contributed by atoms with Crippen molar-refractivity contribution in [2.45, 2.75) is 13.1 Å². The van der Waals surface area contributed by atoms with Crippen molar-refractivity contribution in [3.63, 3.8) is 0 Å². The lowest BCUT2D eigenvalue weighted by Crippen LogP contribution is -2.18. The summed E-state index contributed by atoms with van der Waals surface area (Å²) < 4.78 is 0.826. The van der Waals surface area contributed by atoms with Gasteiger partial charge in [-0.1, -0.05) is 11.6 Å². The molecular weight excluding hydrogens is 324 g/mol. The zero-order valence-corrected chi connectivity index (χ0v) is 14.1. The van der Waals surface area contributed by atoms with Crippen LogP contribution in [0.1, 0.15) is 10.7 Å². The summed E-state index contributed by atoms with van der Waals surface area (Å²) in [7, 11) is 3.95. The Morgan fingerprint density at radius 1 is 1.24 bits per heavy atom. The average molecular weight is 339 g/mol. The van der Waals surface area contributed by atoms with Crippen molar-refractivity contribution in [3.05, 3.63) is 38.6 Å². The summed E-state index contributed by atoms with van der Waals surface area (Å²) >= 11 is 9.22. The lowest BCUT2D eigenvalue weighted by molar-refractivity contribution is 0.314. The minimum Gasteiger partial charge on any atom is -0.372 e. The molecule has 0 fully saturated rings. The molecule has 0 radical (unpaired) electrons. The van der Waals surface area contributed by atoms with Gasteiger partial charge in [-0.3, -0.25) is 4.90 Å². The molecule has 3 aromatic rings. The van der Waals surface area contributed by atoms with Crippen molar-refractivity contribution >= 4 is 50.3 Å². The largest absolute Gasteiger partial charge is 0.372 e. The summed E-state index contributed by atoms with van der Waals surface area (Å²) in [4.78, 5) is 13.7. The van der Waals surface area contributed by atoms with E-state index in [9.17, 15) is 0 Å². The highest BCUT2D eigenvalue weighted by Crippen LogP contribution is 2.26. The molecule has 0 saturated carbocycles. The number of hydrogen-bond donors (Lipinski definition) is 1. The van der Waals surface area contributed by atoms with Crippen molar-refractivity contribution in [3.8, 4) is 0 Å². The molecule has 0 atom stereocenters. The summed E-state index contributed by atoms with van der Waals surface area (Å²) in [6, 6.07) is 6.04. The van der Waals surface area contributed by atoms with E-state index in [2.05, 4.69) is 33.3 Å². The number of halogens is 1. The standard InChI is InChI=1S/C14H15ClN4S2/c1-16-13-10-5-6-20-14(10)18-12(17-13)8-19(2)7-9-3-4-11(15)21-9/h3-6H,7-8H2,1-2H3,(H,16,17,18). The number of hydrogen-bond acceptors (Lipinski definition) is 6. The Morgan fingerprint density at radius 2 is 2.10 bits per heavy atom. The number of anilines is 1. The minimum atomic E-state index is 0.706. The van der Waals surface area contributed by atoms with E-state index in [0.717, 1.165) is 32.7 Å². The van der Waals surface area contributed by atoms with E-state index < -0.39 is 0 Å². The highest BCUT2D eigenvalue weighted by atomic mass is 35.5. The van der Waals surface area contributed by atoms with Crippen LogP contribution in [0.2, 0.25) is 4.34 Å². The van der Waals surface area contributed by atoms with Gasteiger partial charge in [0.25, 0.3) is 0 Å². The van der Waals surface area contributed by atoms with Crippen LogP contribution >= 0.6 is 34.3 Å². The van der Waals surface area contributed by atoms with Crippen LogP contribution in [-0.2, 0) is 13.1 Å².